The Labute approximate surface area is 151 Å². The first kappa shape index (κ1) is 18.9. The van der Waals surface area contributed by atoms with E-state index < -0.39 is 11.7 Å². The average molecular weight is 370 g/mol. The van der Waals surface area contributed by atoms with Crippen LogP contribution in [0.25, 0.3) is 0 Å². The highest BCUT2D eigenvalue weighted by Gasteiger charge is 2.34. The number of carbonyl (C=O) groups is 1. The maximum absolute atomic E-state index is 12.8. The molecule has 3 heterocycles. The Balaban J connectivity index is 1.58. The number of halogens is 3. The zero-order valence-electron chi connectivity index (χ0n) is 15.0. The molecule has 8 heteroatoms. The van der Waals surface area contributed by atoms with Gasteiger partial charge in [-0.25, -0.2) is 4.98 Å². The van der Waals surface area contributed by atoms with E-state index in [1.165, 1.54) is 6.07 Å². The van der Waals surface area contributed by atoms with Gasteiger partial charge in [0.2, 0.25) is 5.91 Å². The molecule has 0 spiro atoms. The van der Waals surface area contributed by atoms with Crippen LogP contribution in [-0.2, 0) is 11.0 Å². The number of rotatable bonds is 3. The SMILES string of the molecule is CCN1CCCN(C(=O)C2CCN(c3ccc(C(F)(F)F)cn3)C2)CC1. The zero-order valence-corrected chi connectivity index (χ0v) is 15.0. The topological polar surface area (TPSA) is 39.7 Å². The third-order valence-electron chi connectivity index (χ3n) is 5.28. The molecular formula is C18H25F3N4O. The Morgan fingerprint density at radius 1 is 1.19 bits per heavy atom. The number of aromatic nitrogens is 1. The molecule has 2 aliphatic rings. The number of hydrogen-bond acceptors (Lipinski definition) is 4. The highest BCUT2D eigenvalue weighted by molar-refractivity contribution is 5.80. The van der Waals surface area contributed by atoms with Gasteiger partial charge in [-0.05, 0) is 38.1 Å². The van der Waals surface area contributed by atoms with E-state index in [0.717, 1.165) is 57.8 Å². The number of amides is 1. The van der Waals surface area contributed by atoms with Crippen LogP contribution in [0.5, 0.6) is 0 Å². The van der Waals surface area contributed by atoms with Gasteiger partial charge in [-0.1, -0.05) is 6.92 Å². The largest absolute Gasteiger partial charge is 0.417 e. The molecule has 1 amide bonds. The molecule has 0 aromatic carbocycles. The average Bonchev–Trinajstić information content (AvgIpc) is 2.99. The van der Waals surface area contributed by atoms with Crippen molar-refractivity contribution in [1.29, 1.82) is 0 Å². The highest BCUT2D eigenvalue weighted by Crippen LogP contribution is 2.30. The molecule has 0 aliphatic carbocycles. The number of nitrogens with zero attached hydrogens (tertiary/aromatic N) is 4. The summed E-state index contributed by atoms with van der Waals surface area (Å²) in [6.07, 6.45) is -1.82. The molecule has 5 nitrogen and oxygen atoms in total. The van der Waals surface area contributed by atoms with Gasteiger partial charge >= 0.3 is 6.18 Å². The maximum atomic E-state index is 12.8. The van der Waals surface area contributed by atoms with Crippen molar-refractivity contribution in [1.82, 2.24) is 14.8 Å². The third kappa shape index (κ3) is 4.28. The molecule has 3 rings (SSSR count). The summed E-state index contributed by atoms with van der Waals surface area (Å²) in [6.45, 7) is 7.74. The van der Waals surface area contributed by atoms with Crippen molar-refractivity contribution in [2.45, 2.75) is 25.9 Å². The lowest BCUT2D eigenvalue weighted by Crippen LogP contribution is -2.40. The van der Waals surface area contributed by atoms with Crippen LogP contribution in [0.4, 0.5) is 19.0 Å². The molecular weight excluding hydrogens is 345 g/mol. The van der Waals surface area contributed by atoms with Crippen LogP contribution >= 0.6 is 0 Å². The predicted molar refractivity (Wildman–Crippen MR) is 92.9 cm³/mol. The van der Waals surface area contributed by atoms with Crippen LogP contribution in [0, 0.1) is 5.92 Å². The lowest BCUT2D eigenvalue weighted by Gasteiger charge is -2.24. The summed E-state index contributed by atoms with van der Waals surface area (Å²) in [5, 5.41) is 0. The minimum absolute atomic E-state index is 0.104. The van der Waals surface area contributed by atoms with Gasteiger partial charge in [0.05, 0.1) is 11.5 Å². The number of pyridine rings is 1. The molecule has 1 atom stereocenters. The van der Waals surface area contributed by atoms with Crippen molar-refractivity contribution in [2.75, 3.05) is 50.7 Å². The Morgan fingerprint density at radius 2 is 2.00 bits per heavy atom. The summed E-state index contributed by atoms with van der Waals surface area (Å²) in [4.78, 5) is 23.0. The first-order chi connectivity index (χ1) is 12.4. The van der Waals surface area contributed by atoms with Crippen LogP contribution in [0.15, 0.2) is 18.3 Å². The highest BCUT2D eigenvalue weighted by atomic mass is 19.4. The summed E-state index contributed by atoms with van der Waals surface area (Å²) in [5.74, 6) is 0.561. The summed E-state index contributed by atoms with van der Waals surface area (Å²) in [6, 6.07) is 2.44. The fourth-order valence-electron chi connectivity index (χ4n) is 3.68. The van der Waals surface area contributed by atoms with Crippen molar-refractivity contribution in [2.24, 2.45) is 5.92 Å². The minimum atomic E-state index is -4.38. The molecule has 2 aliphatic heterocycles. The molecule has 26 heavy (non-hydrogen) atoms. The number of hydrogen-bond donors (Lipinski definition) is 0. The van der Waals surface area contributed by atoms with Gasteiger partial charge in [-0.15, -0.1) is 0 Å². The molecule has 0 N–H and O–H groups in total. The maximum Gasteiger partial charge on any atom is 0.417 e. The molecule has 2 saturated heterocycles. The lowest BCUT2D eigenvalue weighted by atomic mass is 10.1. The lowest BCUT2D eigenvalue weighted by molar-refractivity contribution is -0.138. The number of anilines is 1. The standard InChI is InChI=1S/C18H25F3N4O/c1-2-23-7-3-8-24(11-10-23)17(26)14-6-9-25(13-14)16-5-4-15(12-22-16)18(19,20)21/h4-5,12,14H,2-3,6-11,13H2,1H3. The summed E-state index contributed by atoms with van der Waals surface area (Å²) < 4.78 is 37.9. The molecule has 0 radical (unpaired) electrons. The Bertz CT molecular complexity index is 620. The quantitative estimate of drug-likeness (QED) is 0.820. The molecule has 0 saturated carbocycles. The van der Waals surface area contributed by atoms with E-state index in [-0.39, 0.29) is 11.8 Å². The van der Waals surface area contributed by atoms with Gasteiger partial charge in [0.15, 0.2) is 0 Å². The minimum Gasteiger partial charge on any atom is -0.356 e. The first-order valence-electron chi connectivity index (χ1n) is 9.18. The normalized spacial score (nSPS) is 22.5. The van der Waals surface area contributed by atoms with Gasteiger partial charge in [-0.2, -0.15) is 13.2 Å². The van der Waals surface area contributed by atoms with E-state index in [0.29, 0.717) is 18.9 Å². The van der Waals surface area contributed by atoms with E-state index in [9.17, 15) is 18.0 Å². The van der Waals surface area contributed by atoms with Gasteiger partial charge < -0.3 is 14.7 Å². The van der Waals surface area contributed by atoms with Crippen LogP contribution in [-0.4, -0.2) is 66.5 Å². The molecule has 144 valence electrons. The molecule has 1 unspecified atom stereocenters. The fraction of sp³-hybridized carbons (Fsp3) is 0.667. The van der Waals surface area contributed by atoms with Gasteiger partial charge in [-0.3, -0.25) is 4.79 Å². The Kier molecular flexibility index (Phi) is 5.70. The second-order valence-electron chi connectivity index (χ2n) is 6.95. The molecule has 1 aromatic rings. The van der Waals surface area contributed by atoms with Crippen molar-refractivity contribution in [3.05, 3.63) is 23.9 Å². The first-order valence-corrected chi connectivity index (χ1v) is 9.18. The van der Waals surface area contributed by atoms with Crippen molar-refractivity contribution < 1.29 is 18.0 Å². The summed E-state index contributed by atoms with van der Waals surface area (Å²) in [7, 11) is 0. The van der Waals surface area contributed by atoms with Gasteiger partial charge in [0, 0.05) is 38.9 Å². The summed E-state index contributed by atoms with van der Waals surface area (Å²) in [5.41, 5.74) is -0.752. The fourth-order valence-corrected chi connectivity index (χ4v) is 3.68. The van der Waals surface area contributed by atoms with Crippen molar-refractivity contribution in [3.63, 3.8) is 0 Å². The van der Waals surface area contributed by atoms with Gasteiger partial charge in [0.1, 0.15) is 5.82 Å². The van der Waals surface area contributed by atoms with Gasteiger partial charge in [0.25, 0.3) is 0 Å². The summed E-state index contributed by atoms with van der Waals surface area (Å²) >= 11 is 0. The number of alkyl halides is 3. The van der Waals surface area contributed by atoms with E-state index in [4.69, 9.17) is 0 Å². The predicted octanol–water partition coefficient (Wildman–Crippen LogP) is 2.48. The molecule has 0 bridgehead atoms. The second-order valence-corrected chi connectivity index (χ2v) is 6.95. The Morgan fingerprint density at radius 3 is 2.65 bits per heavy atom. The smallest absolute Gasteiger partial charge is 0.356 e. The number of carbonyl (C=O) groups excluding carboxylic acids is 1. The van der Waals surface area contributed by atoms with Crippen LogP contribution in [0.3, 0.4) is 0 Å². The molecule has 1 aromatic heterocycles. The van der Waals surface area contributed by atoms with Crippen LogP contribution in [0.2, 0.25) is 0 Å². The van der Waals surface area contributed by atoms with Crippen molar-refractivity contribution >= 4 is 11.7 Å². The van der Waals surface area contributed by atoms with E-state index in [2.05, 4.69) is 16.8 Å². The van der Waals surface area contributed by atoms with Crippen LogP contribution < -0.4 is 4.90 Å². The van der Waals surface area contributed by atoms with E-state index in [1.54, 1.807) is 0 Å². The monoisotopic (exact) mass is 370 g/mol. The van der Waals surface area contributed by atoms with Crippen LogP contribution in [0.1, 0.15) is 25.3 Å². The number of likely N-dealkylation sites (N-methyl/N-ethyl adjacent to an activating group) is 1. The van der Waals surface area contributed by atoms with E-state index in [1.807, 2.05) is 9.80 Å². The van der Waals surface area contributed by atoms with Crippen molar-refractivity contribution in [3.8, 4) is 0 Å². The third-order valence-corrected chi connectivity index (χ3v) is 5.28. The Hall–Kier alpha value is -1.83. The molecule has 2 fully saturated rings. The van der Waals surface area contributed by atoms with E-state index >= 15 is 0 Å². The zero-order chi connectivity index (χ0) is 18.7. The second kappa shape index (κ2) is 7.82.